The van der Waals surface area contributed by atoms with Gasteiger partial charge in [0.25, 0.3) is 0 Å². The Hall–Kier alpha value is -1.99. The van der Waals surface area contributed by atoms with E-state index in [9.17, 15) is 4.79 Å². The average molecular weight is 416 g/mol. The number of aldehydes is 1. The number of aromatic amines is 1. The normalized spacial score (nSPS) is 16.0. The number of thiophene rings is 1. The van der Waals surface area contributed by atoms with Crippen molar-refractivity contribution in [2.75, 3.05) is 13.2 Å². The second-order valence-electron chi connectivity index (χ2n) is 8.45. The van der Waals surface area contributed by atoms with Crippen molar-refractivity contribution in [1.82, 2.24) is 10.3 Å². The Morgan fingerprint density at radius 3 is 2.48 bits per heavy atom. The number of H-pyrrole nitrogens is 1. The summed E-state index contributed by atoms with van der Waals surface area (Å²) in [5.74, 6) is 0. The van der Waals surface area contributed by atoms with Crippen LogP contribution in [0.15, 0.2) is 35.7 Å². The average Bonchev–Trinajstić information content (AvgIpc) is 3.39. The molecule has 1 unspecified atom stereocenters. The van der Waals surface area contributed by atoms with Crippen LogP contribution in [0.3, 0.4) is 0 Å². The van der Waals surface area contributed by atoms with Gasteiger partial charge in [-0.3, -0.25) is 4.79 Å². The lowest BCUT2D eigenvalue weighted by Gasteiger charge is -2.06. The quantitative estimate of drug-likeness (QED) is 0.474. The van der Waals surface area contributed by atoms with Gasteiger partial charge in [0.05, 0.1) is 11.5 Å². The molecule has 0 aliphatic carbocycles. The van der Waals surface area contributed by atoms with Gasteiger partial charge >= 0.3 is 0 Å². The Kier molecular flexibility index (Phi) is 8.59. The Balaban J connectivity index is 0.000000207. The number of carbonyl (C=O) groups is 1. The molecule has 0 saturated carbocycles. The van der Waals surface area contributed by atoms with E-state index in [-0.39, 0.29) is 5.54 Å². The third kappa shape index (κ3) is 8.11. The van der Waals surface area contributed by atoms with Crippen molar-refractivity contribution in [2.24, 2.45) is 5.73 Å². The van der Waals surface area contributed by atoms with Gasteiger partial charge in [0.2, 0.25) is 0 Å². The summed E-state index contributed by atoms with van der Waals surface area (Å²) in [6.45, 7) is 9.34. The van der Waals surface area contributed by atoms with Crippen LogP contribution in [0.1, 0.15) is 49.0 Å². The maximum Gasteiger partial charge on any atom is 0.160 e. The van der Waals surface area contributed by atoms with Crippen LogP contribution in [0.5, 0.6) is 0 Å². The van der Waals surface area contributed by atoms with Crippen molar-refractivity contribution >= 4 is 28.5 Å². The summed E-state index contributed by atoms with van der Waals surface area (Å²) in [7, 11) is 0. The van der Waals surface area contributed by atoms with Gasteiger partial charge in [-0.25, -0.2) is 0 Å². The molecule has 5 nitrogen and oxygen atoms in total. The SMILES string of the molecule is CC(C)(C)N.Cc1cc2cc(-c3csc(C=O)c3)ccc2[nH]1.OCC1CCCN1. The second-order valence-corrected chi connectivity index (χ2v) is 9.39. The topological polar surface area (TPSA) is 91.1 Å². The van der Waals surface area contributed by atoms with E-state index in [0.29, 0.717) is 12.6 Å². The summed E-state index contributed by atoms with van der Waals surface area (Å²) < 4.78 is 0. The molecule has 0 bridgehead atoms. The number of nitrogens with two attached hydrogens (primary N) is 1. The number of nitrogens with one attached hydrogen (secondary N) is 2. The van der Waals surface area contributed by atoms with Crippen molar-refractivity contribution in [1.29, 1.82) is 0 Å². The van der Waals surface area contributed by atoms with E-state index in [4.69, 9.17) is 10.8 Å². The molecule has 29 heavy (non-hydrogen) atoms. The zero-order chi connectivity index (χ0) is 21.4. The standard InChI is InChI=1S/C14H11NOS.C5H11NO.C4H11N/c1-9-4-11-5-10(2-3-14(11)15-9)12-6-13(7-16)17-8-12;7-4-5-2-1-3-6-5;1-4(2,3)5/h2-8,15H,1H3;5-7H,1-4H2;5H2,1-3H3. The van der Waals surface area contributed by atoms with Crippen LogP contribution in [0.25, 0.3) is 22.0 Å². The fourth-order valence-corrected chi connectivity index (χ4v) is 3.65. The van der Waals surface area contributed by atoms with Crippen LogP contribution in [0.4, 0.5) is 0 Å². The predicted molar refractivity (Wildman–Crippen MR) is 124 cm³/mol. The smallest absolute Gasteiger partial charge is 0.160 e. The fourth-order valence-electron chi connectivity index (χ4n) is 2.94. The highest BCUT2D eigenvalue weighted by molar-refractivity contribution is 7.12. The molecular formula is C23H33N3O2S. The van der Waals surface area contributed by atoms with Crippen molar-refractivity contribution in [3.05, 3.63) is 46.3 Å². The van der Waals surface area contributed by atoms with Crippen LogP contribution in [-0.2, 0) is 0 Å². The van der Waals surface area contributed by atoms with Gasteiger partial charge in [0.15, 0.2) is 6.29 Å². The van der Waals surface area contributed by atoms with Crippen LogP contribution in [0.2, 0.25) is 0 Å². The third-order valence-corrected chi connectivity index (χ3v) is 5.07. The summed E-state index contributed by atoms with van der Waals surface area (Å²) in [6.07, 6.45) is 3.27. The van der Waals surface area contributed by atoms with Gasteiger partial charge in [0, 0.05) is 28.2 Å². The van der Waals surface area contributed by atoms with Crippen LogP contribution < -0.4 is 11.1 Å². The molecule has 1 aliphatic heterocycles. The van der Waals surface area contributed by atoms with Crippen LogP contribution in [0, 0.1) is 6.92 Å². The monoisotopic (exact) mass is 415 g/mol. The number of aromatic nitrogens is 1. The number of aliphatic hydroxyl groups is 1. The van der Waals surface area contributed by atoms with Crippen molar-refractivity contribution in [2.45, 2.75) is 52.1 Å². The lowest BCUT2D eigenvalue weighted by atomic mass is 10.1. The largest absolute Gasteiger partial charge is 0.395 e. The first-order chi connectivity index (χ1) is 13.7. The minimum atomic E-state index is 0. The maximum absolute atomic E-state index is 10.7. The lowest BCUT2D eigenvalue weighted by molar-refractivity contribution is 0.112. The van der Waals surface area contributed by atoms with Crippen LogP contribution in [-0.4, -0.2) is 41.1 Å². The van der Waals surface area contributed by atoms with E-state index >= 15 is 0 Å². The summed E-state index contributed by atoms with van der Waals surface area (Å²) in [5.41, 5.74) is 9.93. The highest BCUT2D eigenvalue weighted by atomic mass is 32.1. The molecule has 1 fully saturated rings. The van der Waals surface area contributed by atoms with Gasteiger partial charge in [-0.1, -0.05) is 6.07 Å². The summed E-state index contributed by atoms with van der Waals surface area (Å²) >= 11 is 1.48. The number of fused-ring (bicyclic) bond motifs is 1. The number of aliphatic hydroxyl groups excluding tert-OH is 1. The minimum Gasteiger partial charge on any atom is -0.395 e. The van der Waals surface area contributed by atoms with Crippen LogP contribution >= 0.6 is 11.3 Å². The first kappa shape index (κ1) is 23.3. The van der Waals surface area contributed by atoms with Gasteiger partial charge < -0.3 is 21.1 Å². The third-order valence-electron chi connectivity index (χ3n) is 4.21. The maximum atomic E-state index is 10.7. The van der Waals surface area contributed by atoms with Gasteiger partial charge in [-0.05, 0) is 87.9 Å². The van der Waals surface area contributed by atoms with Crippen molar-refractivity contribution in [3.8, 4) is 11.1 Å². The molecule has 158 valence electrons. The van der Waals surface area contributed by atoms with E-state index in [1.54, 1.807) is 0 Å². The van der Waals surface area contributed by atoms with E-state index < -0.39 is 0 Å². The molecule has 3 aromatic rings. The molecule has 3 heterocycles. The van der Waals surface area contributed by atoms with Crippen molar-refractivity contribution < 1.29 is 9.90 Å². The van der Waals surface area contributed by atoms with Gasteiger partial charge in [-0.2, -0.15) is 0 Å². The first-order valence-corrected chi connectivity index (χ1v) is 10.8. The molecule has 0 radical (unpaired) electrons. The Labute approximate surface area is 177 Å². The first-order valence-electron chi connectivity index (χ1n) is 9.96. The molecule has 5 N–H and O–H groups in total. The molecule has 6 heteroatoms. The molecular weight excluding hydrogens is 382 g/mol. The van der Waals surface area contributed by atoms with E-state index in [0.717, 1.165) is 46.5 Å². The Morgan fingerprint density at radius 2 is 1.97 bits per heavy atom. The Bertz CT molecular complexity index is 896. The predicted octanol–water partition coefficient (Wildman–Crippen LogP) is 4.49. The molecule has 0 spiro atoms. The van der Waals surface area contributed by atoms with Gasteiger partial charge in [0.1, 0.15) is 0 Å². The summed E-state index contributed by atoms with van der Waals surface area (Å²) in [6, 6.07) is 10.8. The van der Waals surface area contributed by atoms with E-state index in [2.05, 4.69) is 41.5 Å². The Morgan fingerprint density at radius 1 is 1.24 bits per heavy atom. The molecule has 1 aromatic carbocycles. The number of benzene rings is 1. The number of rotatable bonds is 3. The second kappa shape index (κ2) is 10.7. The minimum absolute atomic E-state index is 0. The molecule has 2 aromatic heterocycles. The zero-order valence-corrected chi connectivity index (χ0v) is 18.6. The highest BCUT2D eigenvalue weighted by Crippen LogP contribution is 2.28. The lowest BCUT2D eigenvalue weighted by Crippen LogP contribution is -2.26. The number of hydrogen-bond donors (Lipinski definition) is 4. The summed E-state index contributed by atoms with van der Waals surface area (Å²) in [4.78, 5) is 14.7. The van der Waals surface area contributed by atoms with Crippen molar-refractivity contribution in [3.63, 3.8) is 0 Å². The highest BCUT2D eigenvalue weighted by Gasteiger charge is 2.10. The molecule has 0 amide bonds. The number of carbonyl (C=O) groups excluding carboxylic acids is 1. The fraction of sp³-hybridized carbons (Fsp3) is 0.435. The van der Waals surface area contributed by atoms with E-state index in [1.165, 1.54) is 23.1 Å². The molecule has 1 aliphatic rings. The molecule has 4 rings (SSSR count). The van der Waals surface area contributed by atoms with E-state index in [1.807, 2.05) is 32.2 Å². The zero-order valence-electron chi connectivity index (χ0n) is 17.8. The number of aryl methyl sites for hydroxylation is 1. The number of hydrogen-bond acceptors (Lipinski definition) is 5. The van der Waals surface area contributed by atoms with Gasteiger partial charge in [-0.15, -0.1) is 11.3 Å². The molecule has 1 atom stereocenters. The summed E-state index contributed by atoms with van der Waals surface area (Å²) in [5, 5.41) is 14.9. The molecule has 1 saturated heterocycles.